The number of imidazole rings is 1. The topological polar surface area (TPSA) is 46.8 Å². The van der Waals surface area contributed by atoms with Gasteiger partial charge in [0.25, 0.3) is 0 Å². The third-order valence-corrected chi connectivity index (χ3v) is 5.10. The number of hydrogen-bond donors (Lipinski definition) is 0. The fraction of sp³-hybridized carbons (Fsp3) is 0.476. The van der Waals surface area contributed by atoms with E-state index in [0.717, 1.165) is 49.8 Å². The van der Waals surface area contributed by atoms with Gasteiger partial charge in [-0.3, -0.25) is 4.90 Å². The van der Waals surface area contributed by atoms with Crippen LogP contribution in [-0.2, 0) is 31.5 Å². The Hall–Kier alpha value is -2.27. The summed E-state index contributed by atoms with van der Waals surface area (Å²) in [5.41, 5.74) is 4.77. The second-order valence-electron chi connectivity index (χ2n) is 8.14. The van der Waals surface area contributed by atoms with Crippen molar-refractivity contribution in [3.05, 3.63) is 53.4 Å². The standard InChI is InChI=1S/C21H27N5/c1-5-26-18-9-7-6-8-17(18)23-19(26)14-25-11-10-16-15(13-25)12-22-20(24-16)21(2,3)4/h6-9,12H,5,10-11,13-14H2,1-4H3. The minimum atomic E-state index is -0.00184. The third kappa shape index (κ3) is 3.12. The molecule has 0 unspecified atom stereocenters. The van der Waals surface area contributed by atoms with Crippen LogP contribution < -0.4 is 0 Å². The fourth-order valence-corrected chi connectivity index (χ4v) is 3.67. The van der Waals surface area contributed by atoms with Gasteiger partial charge in [0, 0.05) is 48.9 Å². The molecular formula is C21H27N5. The normalized spacial score (nSPS) is 15.4. The van der Waals surface area contributed by atoms with Gasteiger partial charge in [-0.25, -0.2) is 15.0 Å². The lowest BCUT2D eigenvalue weighted by molar-refractivity contribution is 0.233. The first-order chi connectivity index (χ1) is 12.5. The van der Waals surface area contributed by atoms with Crippen LogP contribution in [-0.4, -0.2) is 31.0 Å². The summed E-state index contributed by atoms with van der Waals surface area (Å²) in [6.07, 6.45) is 3.01. The highest BCUT2D eigenvalue weighted by atomic mass is 15.2. The molecule has 0 bridgehead atoms. The van der Waals surface area contributed by atoms with Crippen molar-refractivity contribution in [2.75, 3.05) is 6.54 Å². The van der Waals surface area contributed by atoms with Crippen molar-refractivity contribution < 1.29 is 0 Å². The molecular weight excluding hydrogens is 322 g/mol. The Morgan fingerprint density at radius 2 is 1.92 bits per heavy atom. The van der Waals surface area contributed by atoms with Crippen LogP contribution in [0.25, 0.3) is 11.0 Å². The predicted molar refractivity (Wildman–Crippen MR) is 104 cm³/mol. The molecule has 4 rings (SSSR count). The zero-order valence-corrected chi connectivity index (χ0v) is 16.2. The van der Waals surface area contributed by atoms with Gasteiger partial charge in [0.2, 0.25) is 0 Å². The second kappa shape index (κ2) is 6.47. The molecule has 0 N–H and O–H groups in total. The maximum atomic E-state index is 4.87. The smallest absolute Gasteiger partial charge is 0.133 e. The predicted octanol–water partition coefficient (Wildman–Crippen LogP) is 3.70. The highest BCUT2D eigenvalue weighted by Gasteiger charge is 2.23. The molecule has 5 nitrogen and oxygen atoms in total. The van der Waals surface area contributed by atoms with Gasteiger partial charge in [-0.2, -0.15) is 0 Å². The molecule has 0 saturated heterocycles. The Labute approximate surface area is 155 Å². The number of fused-ring (bicyclic) bond motifs is 2. The molecule has 1 aliphatic rings. The zero-order valence-electron chi connectivity index (χ0n) is 16.2. The summed E-state index contributed by atoms with van der Waals surface area (Å²) >= 11 is 0. The fourth-order valence-electron chi connectivity index (χ4n) is 3.67. The summed E-state index contributed by atoms with van der Waals surface area (Å²) in [6, 6.07) is 8.39. The van der Waals surface area contributed by atoms with Crippen molar-refractivity contribution in [1.82, 2.24) is 24.4 Å². The first-order valence-electron chi connectivity index (χ1n) is 9.47. The van der Waals surface area contributed by atoms with Crippen LogP contribution in [0.2, 0.25) is 0 Å². The van der Waals surface area contributed by atoms with E-state index in [1.807, 2.05) is 6.20 Å². The molecule has 0 aliphatic carbocycles. The second-order valence-corrected chi connectivity index (χ2v) is 8.14. The van der Waals surface area contributed by atoms with Gasteiger partial charge in [0.15, 0.2) is 0 Å². The lowest BCUT2D eigenvalue weighted by atomic mass is 9.95. The first-order valence-corrected chi connectivity index (χ1v) is 9.47. The van der Waals surface area contributed by atoms with Crippen molar-refractivity contribution >= 4 is 11.0 Å². The minimum absolute atomic E-state index is 0.00184. The van der Waals surface area contributed by atoms with Gasteiger partial charge >= 0.3 is 0 Å². The van der Waals surface area contributed by atoms with E-state index in [4.69, 9.17) is 9.97 Å². The Morgan fingerprint density at radius 1 is 1.12 bits per heavy atom. The maximum Gasteiger partial charge on any atom is 0.133 e. The molecule has 0 atom stereocenters. The minimum Gasteiger partial charge on any atom is -0.327 e. The van der Waals surface area contributed by atoms with Crippen molar-refractivity contribution in [2.24, 2.45) is 0 Å². The molecule has 1 aromatic carbocycles. The van der Waals surface area contributed by atoms with Crippen molar-refractivity contribution in [3.63, 3.8) is 0 Å². The van der Waals surface area contributed by atoms with Crippen LogP contribution in [0.5, 0.6) is 0 Å². The highest BCUT2D eigenvalue weighted by Crippen LogP contribution is 2.24. The summed E-state index contributed by atoms with van der Waals surface area (Å²) in [5, 5.41) is 0. The van der Waals surface area contributed by atoms with Crippen molar-refractivity contribution in [3.8, 4) is 0 Å². The number of benzene rings is 1. The van der Waals surface area contributed by atoms with Crippen LogP contribution in [0.15, 0.2) is 30.5 Å². The average Bonchev–Trinajstić information content (AvgIpc) is 2.97. The number of para-hydroxylation sites is 2. The largest absolute Gasteiger partial charge is 0.327 e. The van der Waals surface area contributed by atoms with Crippen LogP contribution >= 0.6 is 0 Å². The monoisotopic (exact) mass is 349 g/mol. The van der Waals surface area contributed by atoms with Crippen molar-refractivity contribution in [1.29, 1.82) is 0 Å². The van der Waals surface area contributed by atoms with E-state index in [1.165, 1.54) is 16.8 Å². The Bertz CT molecular complexity index is 935. The van der Waals surface area contributed by atoms with Crippen LogP contribution in [0.3, 0.4) is 0 Å². The maximum absolute atomic E-state index is 4.87. The van der Waals surface area contributed by atoms with Crippen LogP contribution in [0.1, 0.15) is 50.6 Å². The van der Waals surface area contributed by atoms with Crippen LogP contribution in [0, 0.1) is 0 Å². The Morgan fingerprint density at radius 3 is 2.69 bits per heavy atom. The van der Waals surface area contributed by atoms with Crippen LogP contribution in [0.4, 0.5) is 0 Å². The highest BCUT2D eigenvalue weighted by molar-refractivity contribution is 5.75. The molecule has 0 spiro atoms. The molecule has 136 valence electrons. The van der Waals surface area contributed by atoms with Gasteiger partial charge in [0.1, 0.15) is 11.6 Å². The van der Waals surface area contributed by atoms with E-state index in [9.17, 15) is 0 Å². The number of aromatic nitrogens is 4. The Balaban J connectivity index is 1.57. The summed E-state index contributed by atoms with van der Waals surface area (Å²) in [6.45, 7) is 12.4. The summed E-state index contributed by atoms with van der Waals surface area (Å²) in [7, 11) is 0. The van der Waals surface area contributed by atoms with Gasteiger partial charge in [-0.05, 0) is 19.1 Å². The lowest BCUT2D eigenvalue weighted by Crippen LogP contribution is -2.32. The molecule has 5 heteroatoms. The van der Waals surface area contributed by atoms with Gasteiger partial charge in [0.05, 0.1) is 17.6 Å². The quantitative estimate of drug-likeness (QED) is 0.723. The number of rotatable bonds is 3. The van der Waals surface area contributed by atoms with E-state index < -0.39 is 0 Å². The summed E-state index contributed by atoms with van der Waals surface area (Å²) in [5.74, 6) is 2.09. The summed E-state index contributed by atoms with van der Waals surface area (Å²) in [4.78, 5) is 16.8. The molecule has 3 aromatic rings. The molecule has 1 aliphatic heterocycles. The van der Waals surface area contributed by atoms with E-state index in [0.29, 0.717) is 0 Å². The van der Waals surface area contributed by atoms with E-state index in [2.05, 4.69) is 66.4 Å². The molecule has 2 aromatic heterocycles. The third-order valence-electron chi connectivity index (χ3n) is 5.10. The molecule has 26 heavy (non-hydrogen) atoms. The summed E-state index contributed by atoms with van der Waals surface area (Å²) < 4.78 is 2.32. The van der Waals surface area contributed by atoms with Gasteiger partial charge in [-0.15, -0.1) is 0 Å². The first kappa shape index (κ1) is 17.2. The molecule has 0 amide bonds. The van der Waals surface area contributed by atoms with E-state index in [1.54, 1.807) is 0 Å². The number of hydrogen-bond acceptors (Lipinski definition) is 4. The molecule has 0 fully saturated rings. The number of nitrogens with zero attached hydrogens (tertiary/aromatic N) is 5. The molecule has 0 radical (unpaired) electrons. The Kier molecular flexibility index (Phi) is 4.27. The lowest BCUT2D eigenvalue weighted by Gasteiger charge is -2.29. The van der Waals surface area contributed by atoms with Gasteiger partial charge in [-0.1, -0.05) is 32.9 Å². The average molecular weight is 349 g/mol. The SMILES string of the molecule is CCn1c(CN2CCc3nc(C(C)(C)C)ncc3C2)nc2ccccc21. The van der Waals surface area contributed by atoms with Crippen molar-refractivity contribution in [2.45, 2.75) is 59.2 Å². The van der Waals surface area contributed by atoms with Gasteiger partial charge < -0.3 is 4.57 Å². The van der Waals surface area contributed by atoms with E-state index in [-0.39, 0.29) is 5.41 Å². The number of aryl methyl sites for hydroxylation is 1. The van der Waals surface area contributed by atoms with E-state index >= 15 is 0 Å². The molecule has 3 heterocycles. The zero-order chi connectivity index (χ0) is 18.3. The molecule has 0 saturated carbocycles.